The van der Waals surface area contributed by atoms with E-state index in [2.05, 4.69) is 5.32 Å². The first kappa shape index (κ1) is 21.5. The van der Waals surface area contributed by atoms with Crippen LogP contribution < -0.4 is 14.8 Å². The largest absolute Gasteiger partial charge is 0.493 e. The highest BCUT2D eigenvalue weighted by Crippen LogP contribution is 2.36. The number of rotatable bonds is 8. The van der Waals surface area contributed by atoms with Crippen LogP contribution in [0.25, 0.3) is 0 Å². The molecule has 8 heteroatoms. The average Bonchev–Trinajstić information content (AvgIpc) is 2.68. The standard InChI is InChI=1S/C20H21ClFNO5/c1-4-9-27-18-16(21)10-13(11-17(18)26-3)20(25)28-12(2)19(24)23-15-7-5-14(22)6-8-15/h5-8,10-12H,4,9H2,1-3H3,(H,23,24)/t12-/m1/s1. The molecule has 0 radical (unpaired) electrons. The van der Waals surface area contributed by atoms with Crippen LogP contribution in [0.4, 0.5) is 10.1 Å². The maximum absolute atomic E-state index is 12.9. The van der Waals surface area contributed by atoms with E-state index in [1.165, 1.54) is 50.4 Å². The summed E-state index contributed by atoms with van der Waals surface area (Å²) in [7, 11) is 1.43. The predicted octanol–water partition coefficient (Wildman–Crippen LogP) is 4.46. The Hall–Kier alpha value is -2.80. The van der Waals surface area contributed by atoms with E-state index in [0.717, 1.165) is 6.42 Å². The third kappa shape index (κ3) is 5.60. The van der Waals surface area contributed by atoms with E-state index in [4.69, 9.17) is 25.8 Å². The Bertz CT molecular complexity index is 841. The summed E-state index contributed by atoms with van der Waals surface area (Å²) >= 11 is 6.19. The number of carbonyl (C=O) groups excluding carboxylic acids is 2. The van der Waals surface area contributed by atoms with Crippen molar-refractivity contribution in [3.63, 3.8) is 0 Å². The number of ether oxygens (including phenoxy) is 3. The minimum atomic E-state index is -1.08. The van der Waals surface area contributed by atoms with Gasteiger partial charge in [-0.15, -0.1) is 0 Å². The first-order chi connectivity index (χ1) is 13.3. The third-order valence-corrected chi connectivity index (χ3v) is 3.96. The highest BCUT2D eigenvalue weighted by Gasteiger charge is 2.22. The van der Waals surface area contributed by atoms with Crippen LogP contribution in [0.3, 0.4) is 0 Å². The zero-order valence-corrected chi connectivity index (χ0v) is 16.5. The molecule has 1 amide bonds. The highest BCUT2D eigenvalue weighted by molar-refractivity contribution is 6.32. The Morgan fingerprint density at radius 1 is 1.21 bits per heavy atom. The molecule has 0 unspecified atom stereocenters. The number of amides is 1. The lowest BCUT2D eigenvalue weighted by Crippen LogP contribution is -2.30. The maximum Gasteiger partial charge on any atom is 0.339 e. The summed E-state index contributed by atoms with van der Waals surface area (Å²) in [4.78, 5) is 24.6. The van der Waals surface area contributed by atoms with Gasteiger partial charge in [-0.3, -0.25) is 4.79 Å². The molecule has 1 N–H and O–H groups in total. The monoisotopic (exact) mass is 409 g/mol. The second-order valence-corrected chi connectivity index (χ2v) is 6.29. The van der Waals surface area contributed by atoms with Crippen molar-refractivity contribution in [1.82, 2.24) is 0 Å². The van der Waals surface area contributed by atoms with E-state index >= 15 is 0 Å². The van der Waals surface area contributed by atoms with Gasteiger partial charge in [0.15, 0.2) is 17.6 Å². The number of anilines is 1. The molecule has 2 rings (SSSR count). The zero-order valence-electron chi connectivity index (χ0n) is 15.8. The molecule has 0 aromatic heterocycles. The molecule has 0 bridgehead atoms. The molecule has 0 saturated heterocycles. The molecule has 28 heavy (non-hydrogen) atoms. The third-order valence-electron chi connectivity index (χ3n) is 3.68. The van der Waals surface area contributed by atoms with Gasteiger partial charge < -0.3 is 19.5 Å². The van der Waals surface area contributed by atoms with Crippen molar-refractivity contribution in [3.8, 4) is 11.5 Å². The molecule has 2 aromatic carbocycles. The lowest BCUT2D eigenvalue weighted by atomic mass is 10.2. The van der Waals surface area contributed by atoms with Crippen LogP contribution in [0, 0.1) is 5.82 Å². The number of methoxy groups -OCH3 is 1. The summed E-state index contributed by atoms with van der Waals surface area (Å²) in [6.07, 6.45) is -0.303. The maximum atomic E-state index is 12.9. The fourth-order valence-electron chi connectivity index (χ4n) is 2.24. The lowest BCUT2D eigenvalue weighted by molar-refractivity contribution is -0.123. The lowest BCUT2D eigenvalue weighted by Gasteiger charge is -2.16. The first-order valence-electron chi connectivity index (χ1n) is 8.63. The number of carbonyl (C=O) groups is 2. The normalized spacial score (nSPS) is 11.5. The van der Waals surface area contributed by atoms with Gasteiger partial charge in [0.25, 0.3) is 5.91 Å². The van der Waals surface area contributed by atoms with Gasteiger partial charge in [0.2, 0.25) is 0 Å². The first-order valence-corrected chi connectivity index (χ1v) is 9.01. The Labute approximate surface area is 167 Å². The minimum absolute atomic E-state index is 0.118. The van der Waals surface area contributed by atoms with E-state index in [0.29, 0.717) is 18.0 Å². The van der Waals surface area contributed by atoms with Crippen LogP contribution in [0.1, 0.15) is 30.6 Å². The fraction of sp³-hybridized carbons (Fsp3) is 0.300. The Morgan fingerprint density at radius 2 is 1.89 bits per heavy atom. The molecule has 0 spiro atoms. The van der Waals surface area contributed by atoms with Gasteiger partial charge in [-0.05, 0) is 49.7 Å². The number of hydrogen-bond donors (Lipinski definition) is 1. The molecule has 0 saturated carbocycles. The summed E-state index contributed by atoms with van der Waals surface area (Å²) in [5.41, 5.74) is 0.503. The van der Waals surface area contributed by atoms with Crippen molar-refractivity contribution < 1.29 is 28.2 Å². The number of esters is 1. The van der Waals surface area contributed by atoms with Gasteiger partial charge in [0, 0.05) is 5.69 Å². The van der Waals surface area contributed by atoms with Gasteiger partial charge in [0.1, 0.15) is 5.82 Å². The van der Waals surface area contributed by atoms with Crippen LogP contribution in [-0.2, 0) is 9.53 Å². The molecule has 0 fully saturated rings. The van der Waals surface area contributed by atoms with E-state index in [-0.39, 0.29) is 16.3 Å². The Kier molecular flexibility index (Phi) is 7.63. The molecule has 0 aliphatic carbocycles. The summed E-state index contributed by atoms with van der Waals surface area (Å²) in [5, 5.41) is 2.74. The second-order valence-electron chi connectivity index (χ2n) is 5.88. The van der Waals surface area contributed by atoms with E-state index in [1.54, 1.807) is 0 Å². The van der Waals surface area contributed by atoms with Crippen molar-refractivity contribution in [3.05, 3.63) is 52.8 Å². The topological polar surface area (TPSA) is 73.9 Å². The van der Waals surface area contributed by atoms with E-state index in [9.17, 15) is 14.0 Å². The van der Waals surface area contributed by atoms with Crippen molar-refractivity contribution in [2.75, 3.05) is 19.0 Å². The summed E-state index contributed by atoms with van der Waals surface area (Å²) in [6.45, 7) is 3.82. The Balaban J connectivity index is 2.07. The van der Waals surface area contributed by atoms with Gasteiger partial charge in [-0.2, -0.15) is 0 Å². The molecular formula is C20H21ClFNO5. The molecule has 0 aliphatic heterocycles. The predicted molar refractivity (Wildman–Crippen MR) is 104 cm³/mol. The van der Waals surface area contributed by atoms with Crippen molar-refractivity contribution >= 4 is 29.2 Å². The number of nitrogens with one attached hydrogen (secondary N) is 1. The molecule has 6 nitrogen and oxygen atoms in total. The quantitative estimate of drug-likeness (QED) is 0.651. The zero-order chi connectivity index (χ0) is 20.7. The van der Waals surface area contributed by atoms with Gasteiger partial charge in [0.05, 0.1) is 24.3 Å². The van der Waals surface area contributed by atoms with E-state index < -0.39 is 23.8 Å². The number of hydrogen-bond acceptors (Lipinski definition) is 5. The number of halogens is 2. The van der Waals surface area contributed by atoms with Gasteiger partial charge >= 0.3 is 5.97 Å². The van der Waals surface area contributed by atoms with Crippen molar-refractivity contribution in [1.29, 1.82) is 0 Å². The van der Waals surface area contributed by atoms with Crippen LogP contribution in [0.2, 0.25) is 5.02 Å². The highest BCUT2D eigenvalue weighted by atomic mass is 35.5. The molecule has 0 aliphatic rings. The Morgan fingerprint density at radius 3 is 2.50 bits per heavy atom. The molecule has 0 heterocycles. The van der Waals surface area contributed by atoms with Crippen molar-refractivity contribution in [2.45, 2.75) is 26.4 Å². The summed E-state index contributed by atoms with van der Waals surface area (Å²) < 4.78 is 28.9. The molecule has 150 valence electrons. The van der Waals surface area contributed by atoms with Gasteiger partial charge in [-0.1, -0.05) is 18.5 Å². The second kappa shape index (κ2) is 9.94. The van der Waals surface area contributed by atoms with Crippen LogP contribution >= 0.6 is 11.6 Å². The van der Waals surface area contributed by atoms with Gasteiger partial charge in [-0.25, -0.2) is 9.18 Å². The molecule has 1 atom stereocenters. The minimum Gasteiger partial charge on any atom is -0.493 e. The smallest absolute Gasteiger partial charge is 0.339 e. The van der Waals surface area contributed by atoms with E-state index in [1.807, 2.05) is 6.92 Å². The van der Waals surface area contributed by atoms with Crippen molar-refractivity contribution in [2.24, 2.45) is 0 Å². The van der Waals surface area contributed by atoms with Crippen LogP contribution in [0.15, 0.2) is 36.4 Å². The fourth-order valence-corrected chi connectivity index (χ4v) is 2.51. The average molecular weight is 410 g/mol. The van der Waals surface area contributed by atoms with Crippen LogP contribution in [-0.4, -0.2) is 31.7 Å². The summed E-state index contributed by atoms with van der Waals surface area (Å²) in [6, 6.07) is 8.06. The molecule has 2 aromatic rings. The molecular weight excluding hydrogens is 389 g/mol. The summed E-state index contributed by atoms with van der Waals surface area (Å²) in [5.74, 6) is -1.10. The van der Waals surface area contributed by atoms with Crippen LogP contribution in [0.5, 0.6) is 11.5 Å². The SMILES string of the molecule is CCCOc1c(Cl)cc(C(=O)O[C@H](C)C(=O)Nc2ccc(F)cc2)cc1OC. The number of benzene rings is 2.